The van der Waals surface area contributed by atoms with Crippen molar-refractivity contribution in [3.63, 3.8) is 0 Å². The molecule has 148 valence electrons. The van der Waals surface area contributed by atoms with E-state index in [0.29, 0.717) is 25.6 Å². The Kier molecular flexibility index (Phi) is 8.45. The Morgan fingerprint density at radius 2 is 1.85 bits per heavy atom. The van der Waals surface area contributed by atoms with Gasteiger partial charge in [0.15, 0.2) is 11.5 Å². The van der Waals surface area contributed by atoms with Gasteiger partial charge in [0.2, 0.25) is 0 Å². The van der Waals surface area contributed by atoms with Gasteiger partial charge in [-0.2, -0.15) is 0 Å². The molecule has 3 rings (SSSR count). The van der Waals surface area contributed by atoms with Gasteiger partial charge < -0.3 is 14.2 Å². The van der Waals surface area contributed by atoms with Crippen molar-refractivity contribution in [2.24, 2.45) is 0 Å². The van der Waals surface area contributed by atoms with Crippen LogP contribution in [-0.4, -0.2) is 57.1 Å². The quantitative estimate of drug-likeness (QED) is 0.706. The van der Waals surface area contributed by atoms with E-state index in [-0.39, 0.29) is 18.5 Å². The third-order valence-corrected chi connectivity index (χ3v) is 5.47. The highest BCUT2D eigenvalue weighted by Crippen LogP contribution is 2.30. The molecule has 0 N–H and O–H groups in total. The van der Waals surface area contributed by atoms with Crippen LogP contribution in [0.3, 0.4) is 0 Å². The van der Waals surface area contributed by atoms with Crippen LogP contribution in [0.25, 0.3) is 0 Å². The second kappa shape index (κ2) is 10.3. The summed E-state index contributed by atoms with van der Waals surface area (Å²) in [6, 6.07) is 6.38. The molecule has 1 aliphatic heterocycles. The average molecular weight is 388 g/mol. The van der Waals surface area contributed by atoms with Crippen molar-refractivity contribution in [3.05, 3.63) is 23.8 Å². The van der Waals surface area contributed by atoms with Gasteiger partial charge in [-0.25, -0.2) is 4.39 Å². The lowest BCUT2D eigenvalue weighted by Gasteiger charge is -2.37. The standard InChI is InChI=1S/C20H30FNO3.ClH/c1-23-19-8-7-15(13-20(19)24-2)10-12-25-18-6-4-3-5-17(18)22-11-9-16(21)14-22;/h7-8,13,16-18H,3-6,9-12,14H2,1-2H3;1H. The molecular formula is C20H31ClFNO3. The minimum absolute atomic E-state index is 0. The molecule has 3 atom stereocenters. The smallest absolute Gasteiger partial charge is 0.160 e. The highest BCUT2D eigenvalue weighted by atomic mass is 35.5. The summed E-state index contributed by atoms with van der Waals surface area (Å²) in [5.41, 5.74) is 1.18. The molecule has 0 amide bonds. The van der Waals surface area contributed by atoms with E-state index in [1.54, 1.807) is 14.2 Å². The number of hydrogen-bond acceptors (Lipinski definition) is 4. The van der Waals surface area contributed by atoms with Crippen molar-refractivity contribution in [1.29, 1.82) is 0 Å². The topological polar surface area (TPSA) is 30.9 Å². The van der Waals surface area contributed by atoms with Gasteiger partial charge in [0.1, 0.15) is 6.17 Å². The fraction of sp³-hybridized carbons (Fsp3) is 0.700. The van der Waals surface area contributed by atoms with E-state index in [2.05, 4.69) is 11.0 Å². The fourth-order valence-corrected chi connectivity index (χ4v) is 4.10. The zero-order valence-electron chi connectivity index (χ0n) is 15.8. The van der Waals surface area contributed by atoms with Crippen molar-refractivity contribution >= 4 is 12.4 Å². The molecule has 2 fully saturated rings. The Balaban J connectivity index is 0.00000243. The van der Waals surface area contributed by atoms with Gasteiger partial charge in [-0.05, 0) is 43.4 Å². The van der Waals surface area contributed by atoms with Crippen LogP contribution in [0.5, 0.6) is 11.5 Å². The summed E-state index contributed by atoms with van der Waals surface area (Å²) in [5, 5.41) is 0. The number of methoxy groups -OCH3 is 2. The van der Waals surface area contributed by atoms with E-state index in [1.165, 1.54) is 18.4 Å². The van der Waals surface area contributed by atoms with Crippen LogP contribution < -0.4 is 9.47 Å². The van der Waals surface area contributed by atoms with E-state index >= 15 is 0 Å². The third-order valence-electron chi connectivity index (χ3n) is 5.47. The molecule has 1 aliphatic carbocycles. The zero-order chi connectivity index (χ0) is 17.6. The minimum Gasteiger partial charge on any atom is -0.493 e. The van der Waals surface area contributed by atoms with Gasteiger partial charge >= 0.3 is 0 Å². The Labute approximate surface area is 162 Å². The average Bonchev–Trinajstić information content (AvgIpc) is 3.08. The van der Waals surface area contributed by atoms with Gasteiger partial charge in [-0.3, -0.25) is 4.90 Å². The second-order valence-corrected chi connectivity index (χ2v) is 7.08. The maximum absolute atomic E-state index is 13.6. The molecule has 1 saturated carbocycles. The van der Waals surface area contributed by atoms with Crippen molar-refractivity contribution in [2.75, 3.05) is 33.9 Å². The summed E-state index contributed by atoms with van der Waals surface area (Å²) in [4.78, 5) is 2.31. The Bertz CT molecular complexity index is 560. The van der Waals surface area contributed by atoms with E-state index < -0.39 is 6.17 Å². The van der Waals surface area contributed by atoms with Crippen molar-refractivity contribution in [2.45, 2.75) is 56.8 Å². The lowest BCUT2D eigenvalue weighted by Crippen LogP contribution is -2.46. The zero-order valence-corrected chi connectivity index (χ0v) is 16.6. The van der Waals surface area contributed by atoms with Crippen LogP contribution in [0, 0.1) is 0 Å². The number of nitrogens with zero attached hydrogens (tertiary/aromatic N) is 1. The first kappa shape index (κ1) is 21.3. The Morgan fingerprint density at radius 1 is 1.08 bits per heavy atom. The fourth-order valence-electron chi connectivity index (χ4n) is 4.10. The van der Waals surface area contributed by atoms with E-state index in [9.17, 15) is 4.39 Å². The molecule has 3 unspecified atom stereocenters. The molecule has 1 saturated heterocycles. The molecule has 4 nitrogen and oxygen atoms in total. The molecule has 1 aromatic rings. The van der Waals surface area contributed by atoms with Crippen LogP contribution in [0.15, 0.2) is 18.2 Å². The van der Waals surface area contributed by atoms with Gasteiger partial charge in [0.25, 0.3) is 0 Å². The number of likely N-dealkylation sites (tertiary alicyclic amines) is 1. The first-order chi connectivity index (χ1) is 12.2. The second-order valence-electron chi connectivity index (χ2n) is 7.08. The largest absolute Gasteiger partial charge is 0.493 e. The Hall–Kier alpha value is -1.04. The Morgan fingerprint density at radius 3 is 2.54 bits per heavy atom. The summed E-state index contributed by atoms with van der Waals surface area (Å²) < 4.78 is 30.4. The monoisotopic (exact) mass is 387 g/mol. The van der Waals surface area contributed by atoms with E-state index in [4.69, 9.17) is 14.2 Å². The van der Waals surface area contributed by atoms with E-state index in [0.717, 1.165) is 37.3 Å². The van der Waals surface area contributed by atoms with Crippen molar-refractivity contribution < 1.29 is 18.6 Å². The maximum atomic E-state index is 13.6. The molecule has 0 radical (unpaired) electrons. The number of ether oxygens (including phenoxy) is 3. The molecule has 0 aromatic heterocycles. The molecule has 1 aromatic carbocycles. The number of halogens is 2. The normalized spacial score (nSPS) is 26.3. The van der Waals surface area contributed by atoms with Crippen LogP contribution >= 0.6 is 12.4 Å². The summed E-state index contributed by atoms with van der Waals surface area (Å²) in [6.07, 6.45) is 5.76. The SMILES string of the molecule is COc1ccc(CCOC2CCCCC2N2CCC(F)C2)cc1OC.Cl. The van der Waals surface area contributed by atoms with Gasteiger partial charge in [0, 0.05) is 19.1 Å². The van der Waals surface area contributed by atoms with Crippen LogP contribution in [-0.2, 0) is 11.2 Å². The highest BCUT2D eigenvalue weighted by molar-refractivity contribution is 5.85. The molecule has 1 heterocycles. The molecular weight excluding hydrogens is 357 g/mol. The lowest BCUT2D eigenvalue weighted by atomic mass is 9.91. The highest BCUT2D eigenvalue weighted by Gasteiger charge is 2.35. The first-order valence-corrected chi connectivity index (χ1v) is 9.42. The van der Waals surface area contributed by atoms with Gasteiger partial charge in [-0.15, -0.1) is 12.4 Å². The lowest BCUT2D eigenvalue weighted by molar-refractivity contribution is -0.0303. The maximum Gasteiger partial charge on any atom is 0.160 e. The first-order valence-electron chi connectivity index (χ1n) is 9.42. The number of hydrogen-bond donors (Lipinski definition) is 0. The van der Waals surface area contributed by atoms with Crippen LogP contribution in [0.1, 0.15) is 37.7 Å². The molecule has 6 heteroatoms. The number of alkyl halides is 1. The number of benzene rings is 1. The van der Waals surface area contributed by atoms with Crippen LogP contribution in [0.2, 0.25) is 0 Å². The van der Waals surface area contributed by atoms with Gasteiger partial charge in [0.05, 0.1) is 26.9 Å². The predicted octanol–water partition coefficient (Wildman–Crippen LogP) is 4.04. The number of rotatable bonds is 7. The summed E-state index contributed by atoms with van der Waals surface area (Å²) in [5.74, 6) is 1.50. The summed E-state index contributed by atoms with van der Waals surface area (Å²) >= 11 is 0. The van der Waals surface area contributed by atoms with E-state index in [1.807, 2.05) is 12.1 Å². The molecule has 2 aliphatic rings. The summed E-state index contributed by atoms with van der Waals surface area (Å²) in [7, 11) is 3.29. The van der Waals surface area contributed by atoms with Crippen molar-refractivity contribution in [3.8, 4) is 11.5 Å². The predicted molar refractivity (Wildman–Crippen MR) is 104 cm³/mol. The molecule has 26 heavy (non-hydrogen) atoms. The van der Waals surface area contributed by atoms with Crippen LogP contribution in [0.4, 0.5) is 4.39 Å². The minimum atomic E-state index is -0.658. The van der Waals surface area contributed by atoms with Crippen molar-refractivity contribution in [1.82, 2.24) is 4.90 Å². The van der Waals surface area contributed by atoms with Gasteiger partial charge in [-0.1, -0.05) is 18.9 Å². The third kappa shape index (κ3) is 5.24. The summed E-state index contributed by atoms with van der Waals surface area (Å²) in [6.45, 7) is 2.14. The molecule has 0 spiro atoms. The molecule has 0 bridgehead atoms.